The molecule has 0 fully saturated rings. The lowest BCUT2D eigenvalue weighted by atomic mass is 10.2. The van der Waals surface area contributed by atoms with Gasteiger partial charge in [0.1, 0.15) is 0 Å². The Bertz CT molecular complexity index is 708. The van der Waals surface area contributed by atoms with Gasteiger partial charge in [-0.1, -0.05) is 35.2 Å². The molecule has 106 valence electrons. The van der Waals surface area contributed by atoms with E-state index in [1.165, 1.54) is 0 Å². The molecule has 2 aromatic carbocycles. The van der Waals surface area contributed by atoms with Crippen LogP contribution in [-0.4, -0.2) is 12.5 Å². The van der Waals surface area contributed by atoms with Gasteiger partial charge in [0.25, 0.3) is 0 Å². The smallest absolute Gasteiger partial charge is 0.243 e. The van der Waals surface area contributed by atoms with Gasteiger partial charge in [0.05, 0.1) is 17.3 Å². The minimum atomic E-state index is -0.231. The summed E-state index contributed by atoms with van der Waals surface area (Å²) in [6, 6.07) is 12.1. The average molecular weight is 319 g/mol. The summed E-state index contributed by atoms with van der Waals surface area (Å²) in [5, 5.41) is 6.62. The Kier molecular flexibility index (Phi) is 5.10. The number of rotatable bonds is 4. The Morgan fingerprint density at radius 1 is 1.19 bits per heavy atom. The van der Waals surface area contributed by atoms with Crippen LogP contribution in [0.1, 0.15) is 5.56 Å². The first-order valence-electron chi connectivity index (χ1n) is 6.14. The number of nitrogens with one attached hydrogen (secondary N) is 2. The van der Waals surface area contributed by atoms with Crippen LogP contribution >= 0.6 is 23.2 Å². The maximum Gasteiger partial charge on any atom is 0.243 e. The van der Waals surface area contributed by atoms with Crippen LogP contribution in [0.4, 0.5) is 11.4 Å². The summed E-state index contributed by atoms with van der Waals surface area (Å²) in [5.74, 6) is 2.30. The average Bonchev–Trinajstić information content (AvgIpc) is 2.49. The van der Waals surface area contributed by atoms with E-state index in [1.807, 2.05) is 18.2 Å². The summed E-state index contributed by atoms with van der Waals surface area (Å²) in [5.41, 5.74) is 2.00. The number of anilines is 2. The number of hydrogen-bond donors (Lipinski definition) is 2. The van der Waals surface area contributed by atoms with E-state index in [9.17, 15) is 4.79 Å². The predicted octanol–water partition coefficient (Wildman–Crippen LogP) is 4.03. The maximum absolute atomic E-state index is 11.9. The van der Waals surface area contributed by atoms with Crippen LogP contribution in [0.5, 0.6) is 0 Å². The highest BCUT2D eigenvalue weighted by Crippen LogP contribution is 2.25. The monoisotopic (exact) mass is 318 g/mol. The maximum atomic E-state index is 11.9. The standard InChI is InChI=1S/C16H12Cl2N2O/c1-2-11-4-3-5-13(8-11)19-10-16(21)20-15-9-12(17)6-7-14(15)18/h1,3-9,19H,10H2,(H,20,21). The molecule has 0 aromatic heterocycles. The zero-order valence-electron chi connectivity index (χ0n) is 11.0. The quantitative estimate of drug-likeness (QED) is 0.836. The molecule has 2 aromatic rings. The molecule has 0 bridgehead atoms. The van der Waals surface area contributed by atoms with E-state index in [0.717, 1.165) is 11.3 Å². The number of carbonyl (C=O) groups excluding carboxylic acids is 1. The third kappa shape index (κ3) is 4.42. The highest BCUT2D eigenvalue weighted by molar-refractivity contribution is 6.35. The molecule has 0 radical (unpaired) electrons. The zero-order chi connectivity index (χ0) is 15.2. The first-order chi connectivity index (χ1) is 10.1. The van der Waals surface area contributed by atoms with Crippen molar-refractivity contribution in [3.8, 4) is 12.3 Å². The van der Waals surface area contributed by atoms with Gasteiger partial charge >= 0.3 is 0 Å². The molecule has 1 amide bonds. The van der Waals surface area contributed by atoms with Crippen molar-refractivity contribution >= 4 is 40.5 Å². The molecular weight excluding hydrogens is 307 g/mol. The molecule has 0 spiro atoms. The van der Waals surface area contributed by atoms with Crippen LogP contribution in [0.15, 0.2) is 42.5 Å². The molecule has 2 rings (SSSR count). The van der Waals surface area contributed by atoms with Gasteiger partial charge in [0, 0.05) is 16.3 Å². The summed E-state index contributed by atoms with van der Waals surface area (Å²) in [4.78, 5) is 11.9. The third-order valence-corrected chi connectivity index (χ3v) is 3.25. The normalized spacial score (nSPS) is 9.76. The van der Waals surface area contributed by atoms with Crippen LogP contribution in [0.3, 0.4) is 0 Å². The SMILES string of the molecule is C#Cc1cccc(NCC(=O)Nc2cc(Cl)ccc2Cl)c1. The van der Waals surface area contributed by atoms with Crippen molar-refractivity contribution in [3.05, 3.63) is 58.1 Å². The van der Waals surface area contributed by atoms with E-state index in [4.69, 9.17) is 29.6 Å². The Morgan fingerprint density at radius 2 is 2.00 bits per heavy atom. The molecule has 0 aliphatic carbocycles. The largest absolute Gasteiger partial charge is 0.376 e. The van der Waals surface area contributed by atoms with Gasteiger partial charge in [0.2, 0.25) is 5.91 Å². The van der Waals surface area contributed by atoms with Crippen molar-refractivity contribution in [3.63, 3.8) is 0 Å². The van der Waals surface area contributed by atoms with E-state index < -0.39 is 0 Å². The van der Waals surface area contributed by atoms with Gasteiger partial charge in [-0.3, -0.25) is 4.79 Å². The molecule has 0 saturated heterocycles. The van der Waals surface area contributed by atoms with Crippen molar-refractivity contribution in [1.29, 1.82) is 0 Å². The minimum Gasteiger partial charge on any atom is -0.376 e. The van der Waals surface area contributed by atoms with Crippen LogP contribution in [-0.2, 0) is 4.79 Å². The van der Waals surface area contributed by atoms with E-state index in [2.05, 4.69) is 16.6 Å². The number of carbonyl (C=O) groups is 1. The summed E-state index contributed by atoms with van der Waals surface area (Å²) in [7, 11) is 0. The second kappa shape index (κ2) is 7.03. The van der Waals surface area contributed by atoms with E-state index in [0.29, 0.717) is 15.7 Å². The van der Waals surface area contributed by atoms with E-state index in [1.54, 1.807) is 24.3 Å². The molecule has 0 saturated carbocycles. The third-order valence-electron chi connectivity index (χ3n) is 2.68. The summed E-state index contributed by atoms with van der Waals surface area (Å²) in [6.07, 6.45) is 5.32. The first-order valence-corrected chi connectivity index (χ1v) is 6.89. The number of benzene rings is 2. The fraction of sp³-hybridized carbons (Fsp3) is 0.0625. The Labute approximate surface area is 133 Å². The Balaban J connectivity index is 1.96. The fourth-order valence-electron chi connectivity index (χ4n) is 1.69. The predicted molar refractivity (Wildman–Crippen MR) is 88.0 cm³/mol. The van der Waals surface area contributed by atoms with Gasteiger partial charge in [-0.25, -0.2) is 0 Å². The minimum absolute atomic E-state index is 0.0941. The van der Waals surface area contributed by atoms with Crippen LogP contribution in [0.2, 0.25) is 10.0 Å². The number of terminal acetylenes is 1. The highest BCUT2D eigenvalue weighted by atomic mass is 35.5. The first kappa shape index (κ1) is 15.2. The molecule has 21 heavy (non-hydrogen) atoms. The molecule has 0 unspecified atom stereocenters. The number of hydrogen-bond acceptors (Lipinski definition) is 2. The molecule has 0 aliphatic heterocycles. The van der Waals surface area contributed by atoms with Crippen molar-refractivity contribution < 1.29 is 4.79 Å². The molecule has 0 atom stereocenters. The fourth-order valence-corrected chi connectivity index (χ4v) is 2.03. The lowest BCUT2D eigenvalue weighted by Crippen LogP contribution is -2.21. The van der Waals surface area contributed by atoms with Crippen molar-refractivity contribution in [2.24, 2.45) is 0 Å². The van der Waals surface area contributed by atoms with Gasteiger partial charge in [-0.2, -0.15) is 0 Å². The van der Waals surface area contributed by atoms with Crippen LogP contribution in [0, 0.1) is 12.3 Å². The molecule has 0 aliphatic rings. The van der Waals surface area contributed by atoms with Crippen molar-refractivity contribution in [2.45, 2.75) is 0 Å². The molecule has 2 N–H and O–H groups in total. The zero-order valence-corrected chi connectivity index (χ0v) is 12.5. The van der Waals surface area contributed by atoms with Gasteiger partial charge < -0.3 is 10.6 Å². The number of halogens is 2. The van der Waals surface area contributed by atoms with Crippen LogP contribution in [0.25, 0.3) is 0 Å². The summed E-state index contributed by atoms with van der Waals surface area (Å²) < 4.78 is 0. The second-order valence-corrected chi connectivity index (χ2v) is 5.09. The lowest BCUT2D eigenvalue weighted by Gasteiger charge is -2.09. The molecule has 0 heterocycles. The van der Waals surface area contributed by atoms with E-state index in [-0.39, 0.29) is 12.5 Å². The highest BCUT2D eigenvalue weighted by Gasteiger charge is 2.06. The van der Waals surface area contributed by atoms with E-state index >= 15 is 0 Å². The second-order valence-electron chi connectivity index (χ2n) is 4.25. The van der Waals surface area contributed by atoms with Gasteiger partial charge in [-0.15, -0.1) is 6.42 Å². The Morgan fingerprint density at radius 3 is 2.76 bits per heavy atom. The molecule has 5 heteroatoms. The molecular formula is C16H12Cl2N2O. The number of amides is 1. The summed E-state index contributed by atoms with van der Waals surface area (Å²) >= 11 is 11.8. The topological polar surface area (TPSA) is 41.1 Å². The Hall–Kier alpha value is -2.15. The molecule has 3 nitrogen and oxygen atoms in total. The van der Waals surface area contributed by atoms with Crippen molar-refractivity contribution in [2.75, 3.05) is 17.2 Å². The summed E-state index contributed by atoms with van der Waals surface area (Å²) in [6.45, 7) is 0.0941. The van der Waals surface area contributed by atoms with Crippen molar-refractivity contribution in [1.82, 2.24) is 0 Å². The van der Waals surface area contributed by atoms with Gasteiger partial charge in [-0.05, 0) is 36.4 Å². The lowest BCUT2D eigenvalue weighted by molar-refractivity contribution is -0.114. The van der Waals surface area contributed by atoms with Gasteiger partial charge in [0.15, 0.2) is 0 Å². The van der Waals surface area contributed by atoms with Crippen LogP contribution < -0.4 is 10.6 Å².